The zero-order valence-corrected chi connectivity index (χ0v) is 15.5. The van der Waals surface area contributed by atoms with E-state index >= 15 is 0 Å². The number of piperazine rings is 1. The summed E-state index contributed by atoms with van der Waals surface area (Å²) in [5.74, 6) is 0.974. The molecular formula is C16H25N5O3S. The van der Waals surface area contributed by atoms with Gasteiger partial charge in [-0.15, -0.1) is 0 Å². The van der Waals surface area contributed by atoms with Crippen LogP contribution in [0.3, 0.4) is 0 Å². The Bertz CT molecular complexity index is 704. The van der Waals surface area contributed by atoms with Crippen LogP contribution in [0.2, 0.25) is 0 Å². The summed E-state index contributed by atoms with van der Waals surface area (Å²) in [4.78, 5) is 27.2. The number of amides is 1. The molecule has 0 aliphatic carbocycles. The molecule has 0 N–H and O–H groups in total. The molecule has 1 amide bonds. The van der Waals surface area contributed by atoms with E-state index < -0.39 is 9.84 Å². The van der Waals surface area contributed by atoms with Gasteiger partial charge in [0, 0.05) is 51.7 Å². The Morgan fingerprint density at radius 3 is 2.44 bits per heavy atom. The minimum absolute atomic E-state index is 0.00786. The van der Waals surface area contributed by atoms with E-state index in [1.165, 1.54) is 0 Å². The molecule has 9 heteroatoms. The number of aromatic nitrogens is 2. The van der Waals surface area contributed by atoms with Crippen LogP contribution in [0.15, 0.2) is 18.5 Å². The van der Waals surface area contributed by atoms with Crippen LogP contribution in [0.25, 0.3) is 0 Å². The molecule has 3 rings (SSSR count). The molecule has 25 heavy (non-hydrogen) atoms. The predicted molar refractivity (Wildman–Crippen MR) is 95.1 cm³/mol. The zero-order valence-electron chi connectivity index (χ0n) is 14.7. The summed E-state index contributed by atoms with van der Waals surface area (Å²) in [6, 6.07) is 1.34. The maximum Gasteiger partial charge on any atom is 0.239 e. The van der Waals surface area contributed by atoms with E-state index in [2.05, 4.69) is 19.8 Å². The van der Waals surface area contributed by atoms with Gasteiger partial charge in [-0.3, -0.25) is 9.69 Å². The fourth-order valence-corrected chi connectivity index (χ4v) is 5.25. The molecule has 138 valence electrons. The average Bonchev–Trinajstić information content (AvgIpc) is 3.00. The summed E-state index contributed by atoms with van der Waals surface area (Å²) in [5, 5.41) is 0. The summed E-state index contributed by atoms with van der Waals surface area (Å²) in [7, 11) is -1.27. The number of likely N-dealkylation sites (N-methyl/N-ethyl adjacent to an activating group) is 1. The quantitative estimate of drug-likeness (QED) is 0.718. The first kappa shape index (κ1) is 18.1. The van der Waals surface area contributed by atoms with Gasteiger partial charge < -0.3 is 9.80 Å². The van der Waals surface area contributed by atoms with Crippen LogP contribution in [0.1, 0.15) is 13.3 Å². The van der Waals surface area contributed by atoms with Crippen LogP contribution in [0.4, 0.5) is 5.95 Å². The summed E-state index contributed by atoms with van der Waals surface area (Å²) >= 11 is 0. The second-order valence-corrected chi connectivity index (χ2v) is 8.98. The van der Waals surface area contributed by atoms with Gasteiger partial charge in [-0.25, -0.2) is 18.4 Å². The van der Waals surface area contributed by atoms with E-state index in [1.807, 2.05) is 6.92 Å². The topological polar surface area (TPSA) is 86.7 Å². The van der Waals surface area contributed by atoms with Crippen molar-refractivity contribution in [1.29, 1.82) is 0 Å². The zero-order chi connectivity index (χ0) is 18.0. The monoisotopic (exact) mass is 367 g/mol. The molecular weight excluding hydrogens is 342 g/mol. The smallest absolute Gasteiger partial charge is 0.239 e. The summed E-state index contributed by atoms with van der Waals surface area (Å²) < 4.78 is 23.3. The lowest BCUT2D eigenvalue weighted by Gasteiger charge is -2.39. The lowest BCUT2D eigenvalue weighted by Crippen LogP contribution is -2.55. The largest absolute Gasteiger partial charge is 0.340 e. The highest BCUT2D eigenvalue weighted by Gasteiger charge is 2.36. The predicted octanol–water partition coefficient (Wildman–Crippen LogP) is -0.367. The van der Waals surface area contributed by atoms with Gasteiger partial charge in [-0.2, -0.15) is 0 Å². The Kier molecular flexibility index (Phi) is 5.24. The molecule has 2 aliphatic heterocycles. The van der Waals surface area contributed by atoms with Gasteiger partial charge in [-0.05, 0) is 19.4 Å². The van der Waals surface area contributed by atoms with Crippen LogP contribution >= 0.6 is 0 Å². The molecule has 0 spiro atoms. The summed E-state index contributed by atoms with van der Waals surface area (Å²) in [6.07, 6.45) is 3.99. The van der Waals surface area contributed by atoms with Crippen molar-refractivity contribution in [2.75, 3.05) is 49.6 Å². The highest BCUT2D eigenvalue weighted by Crippen LogP contribution is 2.19. The van der Waals surface area contributed by atoms with Crippen molar-refractivity contribution < 1.29 is 13.2 Å². The first-order valence-electron chi connectivity index (χ1n) is 8.60. The van der Waals surface area contributed by atoms with E-state index in [0.717, 1.165) is 32.1 Å². The third-order valence-corrected chi connectivity index (χ3v) is 6.91. The maximum atomic E-state index is 12.7. The van der Waals surface area contributed by atoms with Gasteiger partial charge in [0.15, 0.2) is 9.84 Å². The van der Waals surface area contributed by atoms with Gasteiger partial charge in [-0.1, -0.05) is 0 Å². The van der Waals surface area contributed by atoms with E-state index in [1.54, 1.807) is 30.4 Å². The Hall–Kier alpha value is -1.74. The highest BCUT2D eigenvalue weighted by molar-refractivity contribution is 7.91. The third-order valence-electron chi connectivity index (χ3n) is 5.16. The Labute approximate surface area is 148 Å². The van der Waals surface area contributed by atoms with Crippen LogP contribution < -0.4 is 4.90 Å². The molecule has 2 atom stereocenters. The van der Waals surface area contributed by atoms with Crippen LogP contribution in [-0.4, -0.2) is 90.9 Å². The lowest BCUT2D eigenvalue weighted by molar-refractivity contribution is -0.136. The number of nitrogens with zero attached hydrogens (tertiary/aromatic N) is 5. The standard InChI is InChI=1S/C16H25N5O3S/c1-13(15(22)19(2)14-4-11-25(23,24)12-14)20-7-9-21(10-8-20)16-17-5-3-6-18-16/h3,5-6,13-14H,4,7-12H2,1-2H3/t13-,14-/m0/s1. The van der Waals surface area contributed by atoms with Gasteiger partial charge >= 0.3 is 0 Å². The molecule has 0 bridgehead atoms. The number of anilines is 1. The van der Waals surface area contributed by atoms with E-state index in [4.69, 9.17) is 0 Å². The molecule has 2 fully saturated rings. The molecule has 2 saturated heterocycles. The Morgan fingerprint density at radius 1 is 1.24 bits per heavy atom. The van der Waals surface area contributed by atoms with E-state index in [-0.39, 0.29) is 29.5 Å². The number of hydrogen-bond donors (Lipinski definition) is 0. The molecule has 0 aromatic carbocycles. The highest BCUT2D eigenvalue weighted by atomic mass is 32.2. The number of rotatable bonds is 4. The summed E-state index contributed by atoms with van der Waals surface area (Å²) in [6.45, 7) is 4.94. The number of carbonyl (C=O) groups is 1. The minimum Gasteiger partial charge on any atom is -0.340 e. The van der Waals surface area contributed by atoms with Gasteiger partial charge in [0.05, 0.1) is 17.5 Å². The van der Waals surface area contributed by atoms with Crippen molar-refractivity contribution in [2.24, 2.45) is 0 Å². The second kappa shape index (κ2) is 7.25. The van der Waals surface area contributed by atoms with Crippen molar-refractivity contribution in [2.45, 2.75) is 25.4 Å². The molecule has 0 radical (unpaired) electrons. The molecule has 0 unspecified atom stereocenters. The number of hydrogen-bond acceptors (Lipinski definition) is 7. The van der Waals surface area contributed by atoms with E-state index in [0.29, 0.717) is 6.42 Å². The van der Waals surface area contributed by atoms with Crippen LogP contribution in [0, 0.1) is 0 Å². The maximum absolute atomic E-state index is 12.7. The fourth-order valence-electron chi connectivity index (χ4n) is 3.48. The van der Waals surface area contributed by atoms with Crippen LogP contribution in [0.5, 0.6) is 0 Å². The molecule has 2 aliphatic rings. The van der Waals surface area contributed by atoms with Crippen molar-refractivity contribution in [3.05, 3.63) is 18.5 Å². The lowest BCUT2D eigenvalue weighted by atomic mass is 10.1. The first-order valence-corrected chi connectivity index (χ1v) is 10.4. The van der Waals surface area contributed by atoms with Crippen molar-refractivity contribution in [3.8, 4) is 0 Å². The second-order valence-electron chi connectivity index (χ2n) is 6.75. The van der Waals surface area contributed by atoms with Gasteiger partial charge in [0.25, 0.3) is 0 Å². The number of sulfone groups is 1. The van der Waals surface area contributed by atoms with Crippen molar-refractivity contribution >= 4 is 21.7 Å². The molecule has 1 aromatic rings. The van der Waals surface area contributed by atoms with Crippen molar-refractivity contribution in [1.82, 2.24) is 19.8 Å². The summed E-state index contributed by atoms with van der Waals surface area (Å²) in [5.41, 5.74) is 0. The Balaban J connectivity index is 1.55. The number of carbonyl (C=O) groups excluding carboxylic acids is 1. The Morgan fingerprint density at radius 2 is 1.88 bits per heavy atom. The average molecular weight is 367 g/mol. The molecule has 1 aromatic heterocycles. The SMILES string of the molecule is C[C@@H](C(=O)N(C)[C@H]1CCS(=O)(=O)C1)N1CCN(c2ncccn2)CC1. The van der Waals surface area contributed by atoms with Crippen LogP contribution in [-0.2, 0) is 14.6 Å². The minimum atomic E-state index is -2.99. The van der Waals surface area contributed by atoms with Gasteiger partial charge in [0.2, 0.25) is 11.9 Å². The fraction of sp³-hybridized carbons (Fsp3) is 0.688. The van der Waals surface area contributed by atoms with Crippen molar-refractivity contribution in [3.63, 3.8) is 0 Å². The normalized spacial score (nSPS) is 24.9. The molecule has 8 nitrogen and oxygen atoms in total. The first-order chi connectivity index (χ1) is 11.9. The van der Waals surface area contributed by atoms with E-state index in [9.17, 15) is 13.2 Å². The molecule has 0 saturated carbocycles. The third kappa shape index (κ3) is 4.09. The van der Waals surface area contributed by atoms with Gasteiger partial charge in [0.1, 0.15) is 0 Å². The molecule has 3 heterocycles.